The Morgan fingerprint density at radius 3 is 2.34 bits per heavy atom. The lowest BCUT2D eigenvalue weighted by Gasteiger charge is -2.36. The molecule has 9 nitrogen and oxygen atoms in total. The summed E-state index contributed by atoms with van der Waals surface area (Å²) in [5.41, 5.74) is 3.81. The number of hydrogen-bond acceptors (Lipinski definition) is 6. The molecule has 1 N–H and O–H groups in total. The molecule has 192 valence electrons. The summed E-state index contributed by atoms with van der Waals surface area (Å²) in [4.78, 5) is 40.2. The molecule has 1 aromatic heterocycles. The van der Waals surface area contributed by atoms with E-state index < -0.39 is 10.8 Å². The fourth-order valence-electron chi connectivity index (χ4n) is 4.49. The van der Waals surface area contributed by atoms with E-state index in [1.807, 2.05) is 60.4 Å². The third-order valence-electron chi connectivity index (χ3n) is 6.60. The van der Waals surface area contributed by atoms with Crippen LogP contribution in [0.3, 0.4) is 0 Å². The number of amides is 2. The van der Waals surface area contributed by atoms with Crippen molar-refractivity contribution in [3.05, 3.63) is 112 Å². The number of hydrogen-bond donors (Lipinski definition) is 1. The van der Waals surface area contributed by atoms with Gasteiger partial charge in [-0.15, -0.1) is 0 Å². The van der Waals surface area contributed by atoms with Gasteiger partial charge in [-0.1, -0.05) is 30.3 Å². The summed E-state index contributed by atoms with van der Waals surface area (Å²) >= 11 is 0. The summed E-state index contributed by atoms with van der Waals surface area (Å²) < 4.78 is 5.65. The lowest BCUT2D eigenvalue weighted by Crippen LogP contribution is -2.48. The smallest absolute Gasteiger partial charge is 0.291 e. The van der Waals surface area contributed by atoms with Crippen LogP contribution >= 0.6 is 0 Å². The van der Waals surface area contributed by atoms with E-state index in [4.69, 9.17) is 4.42 Å². The van der Waals surface area contributed by atoms with E-state index in [9.17, 15) is 19.7 Å². The number of nitrogens with zero attached hydrogens (tertiary/aromatic N) is 3. The van der Waals surface area contributed by atoms with Crippen molar-refractivity contribution < 1.29 is 18.9 Å². The molecule has 1 saturated heterocycles. The Labute approximate surface area is 219 Å². The van der Waals surface area contributed by atoms with Crippen LogP contribution in [-0.2, 0) is 0 Å². The predicted octanol–water partition coefficient (Wildman–Crippen LogP) is 5.38. The second-order valence-corrected chi connectivity index (χ2v) is 9.07. The maximum atomic E-state index is 12.9. The average molecular weight is 511 g/mol. The van der Waals surface area contributed by atoms with E-state index in [1.165, 1.54) is 18.2 Å². The van der Waals surface area contributed by atoms with Gasteiger partial charge in [0.25, 0.3) is 17.5 Å². The van der Waals surface area contributed by atoms with E-state index in [2.05, 4.69) is 10.2 Å². The highest BCUT2D eigenvalue weighted by atomic mass is 16.6. The van der Waals surface area contributed by atoms with E-state index in [0.29, 0.717) is 30.1 Å². The van der Waals surface area contributed by atoms with Gasteiger partial charge in [0, 0.05) is 60.8 Å². The Morgan fingerprint density at radius 2 is 1.63 bits per heavy atom. The highest BCUT2D eigenvalue weighted by molar-refractivity contribution is 6.02. The molecule has 1 aliphatic rings. The van der Waals surface area contributed by atoms with Crippen LogP contribution < -0.4 is 10.2 Å². The molecule has 0 atom stereocenters. The van der Waals surface area contributed by atoms with Crippen LogP contribution in [0.1, 0.15) is 26.5 Å². The minimum absolute atomic E-state index is 0.0516. The van der Waals surface area contributed by atoms with Gasteiger partial charge in [-0.25, -0.2) is 0 Å². The highest BCUT2D eigenvalue weighted by Crippen LogP contribution is 2.27. The molecule has 5 rings (SSSR count). The number of rotatable bonds is 6. The van der Waals surface area contributed by atoms with Gasteiger partial charge in [-0.3, -0.25) is 19.7 Å². The quantitative estimate of drug-likeness (QED) is 0.276. The number of carbonyl (C=O) groups is 2. The second-order valence-electron chi connectivity index (χ2n) is 9.07. The first-order valence-corrected chi connectivity index (χ1v) is 12.2. The number of anilines is 2. The molecule has 1 fully saturated rings. The van der Waals surface area contributed by atoms with E-state index in [0.717, 1.165) is 29.9 Å². The number of piperazine rings is 1. The summed E-state index contributed by atoms with van der Waals surface area (Å²) in [6, 6.07) is 24.4. The molecular weight excluding hydrogens is 484 g/mol. The Hall–Kier alpha value is -4.92. The van der Waals surface area contributed by atoms with E-state index in [1.54, 1.807) is 18.2 Å². The standard InChI is InChI=1S/C29H26N4O5/c1-20-5-2-3-8-25(20)29(35)32-17-15-31(16-18-32)23-11-9-22(10-12-23)30-28(34)27-14-13-26(38-27)21-6-4-7-24(19-21)33(36)37/h2-14,19H,15-18H2,1H3,(H,30,34). The van der Waals surface area contributed by atoms with Gasteiger partial charge in [0.1, 0.15) is 5.76 Å². The predicted molar refractivity (Wildman–Crippen MR) is 144 cm³/mol. The monoisotopic (exact) mass is 510 g/mol. The van der Waals surface area contributed by atoms with Crippen LogP contribution in [0.25, 0.3) is 11.3 Å². The first kappa shape index (κ1) is 24.8. The number of furan rings is 1. The number of aryl methyl sites for hydroxylation is 1. The molecule has 2 amide bonds. The van der Waals surface area contributed by atoms with Crippen LogP contribution in [0.15, 0.2) is 89.3 Å². The Balaban J connectivity index is 1.18. The number of nitrogens with one attached hydrogen (secondary N) is 1. The number of carbonyl (C=O) groups excluding carboxylic acids is 2. The van der Waals surface area contributed by atoms with Crippen molar-refractivity contribution in [3.8, 4) is 11.3 Å². The average Bonchev–Trinajstić information content (AvgIpc) is 3.44. The van der Waals surface area contributed by atoms with Crippen LogP contribution in [0.2, 0.25) is 0 Å². The van der Waals surface area contributed by atoms with Crippen LogP contribution in [0.5, 0.6) is 0 Å². The summed E-state index contributed by atoms with van der Waals surface area (Å²) in [6.07, 6.45) is 0. The molecular formula is C29H26N4O5. The van der Waals surface area contributed by atoms with Crippen LogP contribution in [0.4, 0.5) is 17.1 Å². The zero-order valence-corrected chi connectivity index (χ0v) is 20.8. The number of nitro benzene ring substituents is 1. The maximum Gasteiger partial charge on any atom is 0.291 e. The van der Waals surface area contributed by atoms with E-state index >= 15 is 0 Å². The first-order chi connectivity index (χ1) is 18.4. The lowest BCUT2D eigenvalue weighted by molar-refractivity contribution is -0.384. The minimum Gasteiger partial charge on any atom is -0.451 e. The van der Waals surface area contributed by atoms with Crippen molar-refractivity contribution in [1.82, 2.24) is 4.90 Å². The first-order valence-electron chi connectivity index (χ1n) is 12.2. The van der Waals surface area contributed by atoms with Gasteiger partial charge < -0.3 is 19.5 Å². The molecule has 0 unspecified atom stereocenters. The number of non-ortho nitro benzene ring substituents is 1. The Morgan fingerprint density at radius 1 is 0.895 bits per heavy atom. The molecule has 9 heteroatoms. The molecule has 2 heterocycles. The highest BCUT2D eigenvalue weighted by Gasteiger charge is 2.23. The van der Waals surface area contributed by atoms with Crippen molar-refractivity contribution in [3.63, 3.8) is 0 Å². The van der Waals surface area contributed by atoms with Gasteiger partial charge in [-0.2, -0.15) is 0 Å². The normalized spacial score (nSPS) is 13.3. The van der Waals surface area contributed by atoms with Crippen molar-refractivity contribution in [1.29, 1.82) is 0 Å². The molecule has 0 aliphatic carbocycles. The van der Waals surface area contributed by atoms with Gasteiger partial charge >= 0.3 is 0 Å². The fraction of sp³-hybridized carbons (Fsp3) is 0.172. The molecule has 0 radical (unpaired) electrons. The molecule has 4 aromatic rings. The van der Waals surface area contributed by atoms with Gasteiger partial charge in [0.15, 0.2) is 5.76 Å². The van der Waals surface area contributed by atoms with Gasteiger partial charge in [0.05, 0.1) is 4.92 Å². The van der Waals surface area contributed by atoms with Crippen LogP contribution in [-0.4, -0.2) is 47.8 Å². The lowest BCUT2D eigenvalue weighted by atomic mass is 10.1. The molecule has 38 heavy (non-hydrogen) atoms. The Bertz CT molecular complexity index is 1490. The summed E-state index contributed by atoms with van der Waals surface area (Å²) in [7, 11) is 0. The molecule has 3 aromatic carbocycles. The summed E-state index contributed by atoms with van der Waals surface area (Å²) in [5, 5.41) is 13.8. The topological polar surface area (TPSA) is 109 Å². The molecule has 0 spiro atoms. The number of nitro groups is 1. The maximum absolute atomic E-state index is 12.9. The van der Waals surface area contributed by atoms with Crippen molar-refractivity contribution in [2.24, 2.45) is 0 Å². The second kappa shape index (κ2) is 10.6. The zero-order chi connectivity index (χ0) is 26.6. The molecule has 1 aliphatic heterocycles. The van der Waals surface area contributed by atoms with Crippen molar-refractivity contribution in [2.45, 2.75) is 6.92 Å². The summed E-state index contributed by atoms with van der Waals surface area (Å²) in [5.74, 6) is 0.115. The van der Waals surface area contributed by atoms with Crippen molar-refractivity contribution in [2.75, 3.05) is 36.4 Å². The Kier molecular flexibility index (Phi) is 6.90. The summed E-state index contributed by atoms with van der Waals surface area (Å²) in [6.45, 7) is 4.66. The molecule has 0 bridgehead atoms. The third kappa shape index (κ3) is 5.27. The van der Waals surface area contributed by atoms with Gasteiger partial charge in [0.2, 0.25) is 0 Å². The largest absolute Gasteiger partial charge is 0.451 e. The van der Waals surface area contributed by atoms with Gasteiger partial charge in [-0.05, 0) is 55.0 Å². The van der Waals surface area contributed by atoms with Crippen LogP contribution in [0, 0.1) is 17.0 Å². The minimum atomic E-state index is -0.477. The molecule has 0 saturated carbocycles. The van der Waals surface area contributed by atoms with E-state index in [-0.39, 0.29) is 17.4 Å². The van der Waals surface area contributed by atoms with Crippen molar-refractivity contribution >= 4 is 28.9 Å². The SMILES string of the molecule is Cc1ccccc1C(=O)N1CCN(c2ccc(NC(=O)c3ccc(-c4cccc([N+](=O)[O-])c4)o3)cc2)CC1. The zero-order valence-electron chi connectivity index (χ0n) is 20.8. The number of benzene rings is 3. The fourth-order valence-corrected chi connectivity index (χ4v) is 4.49. The third-order valence-corrected chi connectivity index (χ3v) is 6.60.